The van der Waals surface area contributed by atoms with Crippen LogP contribution in [-0.2, 0) is 10.0 Å². The van der Waals surface area contributed by atoms with Crippen LogP contribution in [0, 0.1) is 0 Å². The van der Waals surface area contributed by atoms with Gasteiger partial charge in [-0.3, -0.25) is 0 Å². The van der Waals surface area contributed by atoms with Crippen molar-refractivity contribution < 1.29 is 13.5 Å². The Kier molecular flexibility index (Phi) is 3.22. The van der Waals surface area contributed by atoms with E-state index >= 15 is 0 Å². The lowest BCUT2D eigenvalue weighted by Gasteiger charge is -2.25. The summed E-state index contributed by atoms with van der Waals surface area (Å²) < 4.78 is 26.0. The fourth-order valence-corrected chi connectivity index (χ4v) is 3.48. The lowest BCUT2D eigenvalue weighted by Crippen LogP contribution is -2.35. The van der Waals surface area contributed by atoms with Crippen molar-refractivity contribution in [1.29, 1.82) is 0 Å². The molecule has 0 aliphatic carbocycles. The minimum atomic E-state index is -3.58. The summed E-state index contributed by atoms with van der Waals surface area (Å²) in [5.41, 5.74) is 1.04. The number of rotatable bonds is 2. The Morgan fingerprint density at radius 1 is 1.29 bits per heavy atom. The van der Waals surface area contributed by atoms with Crippen LogP contribution in [0.15, 0.2) is 40.8 Å². The molecule has 2 rings (SSSR count). The predicted octanol–water partition coefficient (Wildman–Crippen LogP) is 1.73. The molecule has 1 aliphatic rings. The number of nitrogens with zero attached hydrogens (tertiary/aromatic N) is 1. The molecular weight excluding hydrogens is 238 g/mol. The second-order valence-electron chi connectivity index (χ2n) is 4.15. The van der Waals surface area contributed by atoms with E-state index in [4.69, 9.17) is 0 Å². The summed E-state index contributed by atoms with van der Waals surface area (Å²) in [5, 5.41) is 9.62. The van der Waals surface area contributed by atoms with Gasteiger partial charge in [0.25, 0.3) is 0 Å². The second kappa shape index (κ2) is 4.50. The SMILES string of the molecule is CC1=CCCN(S(=O)(=O)c2ccccc2O)C1. The number of sulfonamides is 1. The predicted molar refractivity (Wildman–Crippen MR) is 65.2 cm³/mol. The largest absolute Gasteiger partial charge is 0.507 e. The molecule has 0 bridgehead atoms. The quantitative estimate of drug-likeness (QED) is 0.817. The zero-order valence-electron chi connectivity index (χ0n) is 9.63. The van der Waals surface area contributed by atoms with Crippen molar-refractivity contribution in [3.8, 4) is 5.75 Å². The summed E-state index contributed by atoms with van der Waals surface area (Å²) in [6, 6.07) is 6.03. The molecule has 0 aromatic heterocycles. The number of para-hydroxylation sites is 1. The van der Waals surface area contributed by atoms with E-state index < -0.39 is 10.0 Å². The molecule has 0 amide bonds. The van der Waals surface area contributed by atoms with Crippen LogP contribution in [0.2, 0.25) is 0 Å². The number of phenolic OH excluding ortho intramolecular Hbond substituents is 1. The van der Waals surface area contributed by atoms with Crippen LogP contribution in [0.5, 0.6) is 5.75 Å². The molecule has 1 N–H and O–H groups in total. The summed E-state index contributed by atoms with van der Waals surface area (Å²) in [6.07, 6.45) is 2.76. The van der Waals surface area contributed by atoms with Gasteiger partial charge in [-0.05, 0) is 25.5 Å². The first-order valence-corrected chi connectivity index (χ1v) is 6.89. The normalized spacial score (nSPS) is 17.8. The fourth-order valence-electron chi connectivity index (χ4n) is 1.90. The maximum absolute atomic E-state index is 12.3. The molecular formula is C12H15NO3S. The van der Waals surface area contributed by atoms with Crippen LogP contribution in [0.1, 0.15) is 13.3 Å². The van der Waals surface area contributed by atoms with Gasteiger partial charge < -0.3 is 5.11 Å². The van der Waals surface area contributed by atoms with Crippen molar-refractivity contribution in [2.24, 2.45) is 0 Å². The molecule has 17 heavy (non-hydrogen) atoms. The molecule has 1 aliphatic heterocycles. The first-order valence-electron chi connectivity index (χ1n) is 5.45. The third-order valence-electron chi connectivity index (χ3n) is 2.78. The van der Waals surface area contributed by atoms with Gasteiger partial charge in [-0.15, -0.1) is 0 Å². The Morgan fingerprint density at radius 2 is 2.00 bits per heavy atom. The van der Waals surface area contributed by atoms with E-state index in [2.05, 4.69) is 0 Å². The Labute approximate surface area is 101 Å². The Bertz CT molecular complexity index is 549. The third-order valence-corrected chi connectivity index (χ3v) is 4.67. The molecule has 0 atom stereocenters. The average Bonchev–Trinajstić information content (AvgIpc) is 2.29. The van der Waals surface area contributed by atoms with Crippen molar-refractivity contribution >= 4 is 10.0 Å². The van der Waals surface area contributed by atoms with E-state index in [9.17, 15) is 13.5 Å². The van der Waals surface area contributed by atoms with Crippen molar-refractivity contribution in [3.05, 3.63) is 35.9 Å². The van der Waals surface area contributed by atoms with Crippen LogP contribution < -0.4 is 0 Å². The maximum atomic E-state index is 12.3. The van der Waals surface area contributed by atoms with Crippen LogP contribution in [0.25, 0.3) is 0 Å². The molecule has 1 heterocycles. The lowest BCUT2D eigenvalue weighted by molar-refractivity contribution is 0.417. The van der Waals surface area contributed by atoms with E-state index in [1.807, 2.05) is 13.0 Å². The number of phenols is 1. The van der Waals surface area contributed by atoms with E-state index in [0.717, 1.165) is 12.0 Å². The van der Waals surface area contributed by atoms with Crippen molar-refractivity contribution in [2.45, 2.75) is 18.2 Å². The summed E-state index contributed by atoms with van der Waals surface area (Å²) in [6.45, 7) is 2.78. The van der Waals surface area contributed by atoms with Crippen molar-refractivity contribution in [3.63, 3.8) is 0 Å². The first kappa shape index (κ1) is 12.1. The standard InChI is InChI=1S/C12H15NO3S/c1-10-5-4-8-13(9-10)17(15,16)12-7-3-2-6-11(12)14/h2-3,5-7,14H,4,8-9H2,1H3. The van der Waals surface area contributed by atoms with Crippen molar-refractivity contribution in [2.75, 3.05) is 13.1 Å². The van der Waals surface area contributed by atoms with Crippen LogP contribution in [-0.4, -0.2) is 30.9 Å². The second-order valence-corrected chi connectivity index (χ2v) is 6.05. The summed E-state index contributed by atoms with van der Waals surface area (Å²) in [7, 11) is -3.58. The number of hydrogen-bond donors (Lipinski definition) is 1. The van der Waals surface area contributed by atoms with Crippen molar-refractivity contribution in [1.82, 2.24) is 4.31 Å². The molecule has 0 fully saturated rings. The van der Waals surface area contributed by atoms with Gasteiger partial charge in [-0.25, -0.2) is 8.42 Å². The van der Waals surface area contributed by atoms with E-state index in [-0.39, 0.29) is 10.6 Å². The average molecular weight is 253 g/mol. The molecule has 5 heteroatoms. The van der Waals surface area contributed by atoms with Crippen LogP contribution in [0.3, 0.4) is 0 Å². The zero-order valence-corrected chi connectivity index (χ0v) is 10.4. The molecule has 0 unspecified atom stereocenters. The van der Waals surface area contributed by atoms with Crippen LogP contribution in [0.4, 0.5) is 0 Å². The van der Waals surface area contributed by atoms with Gasteiger partial charge in [-0.2, -0.15) is 4.31 Å². The van der Waals surface area contributed by atoms with Gasteiger partial charge >= 0.3 is 0 Å². The molecule has 4 nitrogen and oxygen atoms in total. The molecule has 1 aromatic rings. The highest BCUT2D eigenvalue weighted by molar-refractivity contribution is 7.89. The lowest BCUT2D eigenvalue weighted by atomic mass is 10.2. The Hall–Kier alpha value is -1.33. The monoisotopic (exact) mass is 253 g/mol. The number of aromatic hydroxyl groups is 1. The first-order chi connectivity index (χ1) is 8.01. The molecule has 92 valence electrons. The van der Waals surface area contributed by atoms with Gasteiger partial charge in [0.15, 0.2) is 0 Å². The minimum absolute atomic E-state index is 0.0188. The van der Waals surface area contributed by atoms with Gasteiger partial charge in [-0.1, -0.05) is 23.8 Å². The minimum Gasteiger partial charge on any atom is -0.507 e. The highest BCUT2D eigenvalue weighted by atomic mass is 32.2. The maximum Gasteiger partial charge on any atom is 0.247 e. The van der Waals surface area contributed by atoms with Gasteiger partial charge in [0.05, 0.1) is 0 Å². The van der Waals surface area contributed by atoms with Gasteiger partial charge in [0.2, 0.25) is 10.0 Å². The Morgan fingerprint density at radius 3 is 2.65 bits per heavy atom. The molecule has 0 saturated heterocycles. The van der Waals surface area contributed by atoms with E-state index in [1.54, 1.807) is 12.1 Å². The highest BCUT2D eigenvalue weighted by Crippen LogP contribution is 2.26. The molecule has 0 spiro atoms. The molecule has 0 saturated carbocycles. The van der Waals surface area contributed by atoms with E-state index in [0.29, 0.717) is 13.1 Å². The smallest absolute Gasteiger partial charge is 0.247 e. The summed E-state index contributed by atoms with van der Waals surface area (Å²) >= 11 is 0. The van der Waals surface area contributed by atoms with Gasteiger partial charge in [0, 0.05) is 13.1 Å². The van der Waals surface area contributed by atoms with E-state index in [1.165, 1.54) is 16.4 Å². The van der Waals surface area contributed by atoms with Crippen LogP contribution >= 0.6 is 0 Å². The summed E-state index contributed by atoms with van der Waals surface area (Å²) in [5.74, 6) is -0.195. The molecule has 0 radical (unpaired) electrons. The third kappa shape index (κ3) is 2.35. The summed E-state index contributed by atoms with van der Waals surface area (Å²) in [4.78, 5) is -0.0188. The highest BCUT2D eigenvalue weighted by Gasteiger charge is 2.27. The zero-order chi connectivity index (χ0) is 12.5. The topological polar surface area (TPSA) is 57.6 Å². The number of benzene rings is 1. The Balaban J connectivity index is 2.38. The molecule has 1 aromatic carbocycles. The number of hydrogen-bond acceptors (Lipinski definition) is 3. The van der Waals surface area contributed by atoms with Gasteiger partial charge in [0.1, 0.15) is 10.6 Å². The fraction of sp³-hybridized carbons (Fsp3) is 0.333.